The average molecular weight is 420 g/mol. The maximum absolute atomic E-state index is 12.6. The molecule has 152 valence electrons. The highest BCUT2D eigenvalue weighted by atomic mass is 32.2. The topological polar surface area (TPSA) is 32.8 Å². The van der Waals surface area contributed by atoms with E-state index in [1.54, 1.807) is 12.1 Å². The highest BCUT2D eigenvalue weighted by molar-refractivity contribution is 7.97. The van der Waals surface area contributed by atoms with E-state index in [9.17, 15) is 18.0 Å². The molecule has 0 saturated carbocycles. The van der Waals surface area contributed by atoms with Crippen LogP contribution in [0.3, 0.4) is 0 Å². The van der Waals surface area contributed by atoms with Crippen molar-refractivity contribution < 1.29 is 22.7 Å². The highest BCUT2D eigenvalue weighted by Gasteiger charge is 2.34. The standard InChI is InChI=1S/C21H19F3N2O2S/c22-21(23,24)28-18-8-4-5-9-19(18)29-26-13-16-11-25(12-17(16)14-26)20(27)10-15-6-2-1-3-7-15/h1-9H,10-14H2. The van der Waals surface area contributed by atoms with Crippen molar-refractivity contribution in [3.05, 3.63) is 71.3 Å². The number of rotatable bonds is 5. The van der Waals surface area contributed by atoms with E-state index in [1.165, 1.54) is 35.2 Å². The third kappa shape index (κ3) is 4.94. The number of hydrogen-bond donors (Lipinski definition) is 0. The van der Waals surface area contributed by atoms with Crippen LogP contribution in [0.25, 0.3) is 0 Å². The van der Waals surface area contributed by atoms with Crippen LogP contribution in [-0.4, -0.2) is 47.7 Å². The van der Waals surface area contributed by atoms with Gasteiger partial charge in [-0.2, -0.15) is 0 Å². The number of alkyl halides is 3. The lowest BCUT2D eigenvalue weighted by atomic mass is 10.1. The maximum Gasteiger partial charge on any atom is 0.573 e. The van der Waals surface area contributed by atoms with E-state index in [4.69, 9.17) is 0 Å². The van der Waals surface area contributed by atoms with Gasteiger partial charge in [0.15, 0.2) is 0 Å². The Kier molecular flexibility index (Phi) is 5.56. The van der Waals surface area contributed by atoms with Gasteiger partial charge in [-0.15, -0.1) is 13.2 Å². The molecule has 1 amide bonds. The molecule has 0 unspecified atom stereocenters. The number of halogens is 3. The fourth-order valence-corrected chi connectivity index (χ4v) is 4.60. The monoisotopic (exact) mass is 420 g/mol. The quantitative estimate of drug-likeness (QED) is 0.534. The van der Waals surface area contributed by atoms with Gasteiger partial charge < -0.3 is 9.64 Å². The number of carbonyl (C=O) groups is 1. The lowest BCUT2D eigenvalue weighted by Crippen LogP contribution is -2.33. The molecule has 0 N–H and O–H groups in total. The molecule has 8 heteroatoms. The summed E-state index contributed by atoms with van der Waals surface area (Å²) in [5, 5.41) is 0. The molecule has 0 radical (unpaired) electrons. The molecule has 2 aliphatic heterocycles. The van der Waals surface area contributed by atoms with Crippen LogP contribution in [0.1, 0.15) is 5.56 Å². The molecule has 2 heterocycles. The minimum atomic E-state index is -4.72. The Bertz CT molecular complexity index is 913. The number of hydrogen-bond acceptors (Lipinski definition) is 4. The summed E-state index contributed by atoms with van der Waals surface area (Å²) in [6.45, 7) is 2.41. The normalized spacial score (nSPS) is 17.0. The molecule has 2 aromatic carbocycles. The van der Waals surface area contributed by atoms with Crippen molar-refractivity contribution in [2.24, 2.45) is 0 Å². The summed E-state index contributed by atoms with van der Waals surface area (Å²) in [4.78, 5) is 14.8. The van der Waals surface area contributed by atoms with Crippen LogP contribution in [-0.2, 0) is 11.2 Å². The van der Waals surface area contributed by atoms with Gasteiger partial charge in [-0.1, -0.05) is 42.5 Å². The highest BCUT2D eigenvalue weighted by Crippen LogP contribution is 2.38. The summed E-state index contributed by atoms with van der Waals surface area (Å²) >= 11 is 1.25. The number of amides is 1. The Morgan fingerprint density at radius 2 is 1.55 bits per heavy atom. The fourth-order valence-electron chi connectivity index (χ4n) is 3.54. The summed E-state index contributed by atoms with van der Waals surface area (Å²) in [7, 11) is 0. The summed E-state index contributed by atoms with van der Waals surface area (Å²) in [6.07, 6.45) is -4.34. The molecule has 4 nitrogen and oxygen atoms in total. The second kappa shape index (κ2) is 8.12. The van der Waals surface area contributed by atoms with Gasteiger partial charge in [-0.3, -0.25) is 4.79 Å². The van der Waals surface area contributed by atoms with E-state index in [0.29, 0.717) is 37.5 Å². The summed E-state index contributed by atoms with van der Waals surface area (Å²) in [5.74, 6) is -0.106. The Labute approximate surface area is 171 Å². The molecule has 0 atom stereocenters. The van der Waals surface area contributed by atoms with Crippen LogP contribution in [0.5, 0.6) is 5.75 Å². The lowest BCUT2D eigenvalue weighted by molar-refractivity contribution is -0.275. The van der Waals surface area contributed by atoms with Crippen molar-refractivity contribution in [1.29, 1.82) is 0 Å². The second-order valence-corrected chi connectivity index (χ2v) is 8.14. The molecule has 0 aliphatic carbocycles. The number of nitrogens with zero attached hydrogens (tertiary/aromatic N) is 2. The van der Waals surface area contributed by atoms with Crippen LogP contribution in [0.2, 0.25) is 0 Å². The molecular formula is C21H19F3N2O2S. The van der Waals surface area contributed by atoms with E-state index in [2.05, 4.69) is 4.74 Å². The number of carbonyl (C=O) groups excluding carboxylic acids is 1. The maximum atomic E-state index is 12.6. The van der Waals surface area contributed by atoms with Gasteiger partial charge in [0.25, 0.3) is 0 Å². The Hall–Kier alpha value is -2.45. The minimum absolute atomic E-state index is 0.0914. The van der Waals surface area contributed by atoms with Crippen LogP contribution in [0, 0.1) is 0 Å². The molecule has 0 aromatic heterocycles. The third-order valence-electron chi connectivity index (χ3n) is 4.85. The van der Waals surface area contributed by atoms with Crippen LogP contribution in [0.4, 0.5) is 13.2 Å². The van der Waals surface area contributed by atoms with E-state index in [-0.39, 0.29) is 11.7 Å². The van der Waals surface area contributed by atoms with Gasteiger partial charge in [0, 0.05) is 26.2 Å². The van der Waals surface area contributed by atoms with Crippen LogP contribution in [0.15, 0.2) is 70.6 Å². The zero-order valence-corrected chi connectivity index (χ0v) is 16.3. The third-order valence-corrected chi connectivity index (χ3v) is 5.90. The Morgan fingerprint density at radius 3 is 2.21 bits per heavy atom. The molecule has 4 rings (SSSR count). The predicted molar refractivity (Wildman–Crippen MR) is 104 cm³/mol. The van der Waals surface area contributed by atoms with Gasteiger partial charge in [0.2, 0.25) is 5.91 Å². The van der Waals surface area contributed by atoms with Crippen LogP contribution < -0.4 is 4.74 Å². The van der Waals surface area contributed by atoms with Crippen molar-refractivity contribution in [3.8, 4) is 5.75 Å². The molecular weight excluding hydrogens is 401 g/mol. The largest absolute Gasteiger partial charge is 0.573 e. The number of ether oxygens (including phenoxy) is 1. The van der Waals surface area contributed by atoms with Crippen molar-refractivity contribution in [3.63, 3.8) is 0 Å². The van der Waals surface area contributed by atoms with Gasteiger partial charge in [0.05, 0.1) is 11.3 Å². The van der Waals surface area contributed by atoms with Crippen molar-refractivity contribution in [2.75, 3.05) is 26.2 Å². The van der Waals surface area contributed by atoms with Gasteiger partial charge in [-0.05, 0) is 40.8 Å². The molecule has 29 heavy (non-hydrogen) atoms. The van der Waals surface area contributed by atoms with E-state index in [1.807, 2.05) is 39.5 Å². The van der Waals surface area contributed by atoms with Crippen LogP contribution >= 0.6 is 11.9 Å². The average Bonchev–Trinajstić information content (AvgIpc) is 3.22. The van der Waals surface area contributed by atoms with Crippen molar-refractivity contribution >= 4 is 17.9 Å². The minimum Gasteiger partial charge on any atom is -0.405 e. The first kappa shape index (κ1) is 19.8. The molecule has 0 fully saturated rings. The molecule has 0 spiro atoms. The summed E-state index contributed by atoms with van der Waals surface area (Å²) < 4.78 is 44.0. The molecule has 0 bridgehead atoms. The second-order valence-electron chi connectivity index (χ2n) is 7.00. The molecule has 2 aliphatic rings. The Balaban J connectivity index is 1.33. The van der Waals surface area contributed by atoms with E-state index < -0.39 is 6.36 Å². The number of benzene rings is 2. The first-order chi connectivity index (χ1) is 13.9. The molecule has 2 aromatic rings. The first-order valence-corrected chi connectivity index (χ1v) is 9.94. The zero-order chi connectivity index (χ0) is 20.4. The van der Waals surface area contributed by atoms with E-state index in [0.717, 1.165) is 5.56 Å². The van der Waals surface area contributed by atoms with Gasteiger partial charge in [0.1, 0.15) is 5.75 Å². The lowest BCUT2D eigenvalue weighted by Gasteiger charge is -2.23. The van der Waals surface area contributed by atoms with Gasteiger partial charge >= 0.3 is 6.36 Å². The Morgan fingerprint density at radius 1 is 0.931 bits per heavy atom. The zero-order valence-electron chi connectivity index (χ0n) is 15.5. The van der Waals surface area contributed by atoms with Gasteiger partial charge in [-0.25, -0.2) is 4.31 Å². The fraction of sp³-hybridized carbons (Fsp3) is 0.286. The predicted octanol–water partition coefficient (Wildman–Crippen LogP) is 4.29. The summed E-state index contributed by atoms with van der Waals surface area (Å²) in [5.41, 5.74) is 3.34. The van der Waals surface area contributed by atoms with E-state index >= 15 is 0 Å². The first-order valence-electron chi connectivity index (χ1n) is 9.16. The van der Waals surface area contributed by atoms with Crippen molar-refractivity contribution in [2.45, 2.75) is 17.7 Å². The van der Waals surface area contributed by atoms with Crippen molar-refractivity contribution in [1.82, 2.24) is 9.21 Å². The molecule has 0 saturated heterocycles. The summed E-state index contributed by atoms with van der Waals surface area (Å²) in [6, 6.07) is 15.8. The SMILES string of the molecule is O=C(Cc1ccccc1)N1CC2=C(CN(Sc3ccccc3OC(F)(F)F)C2)C1. The number of para-hydroxylation sites is 1. The smallest absolute Gasteiger partial charge is 0.405 e.